The summed E-state index contributed by atoms with van der Waals surface area (Å²) >= 11 is 1.67. The Balaban J connectivity index is 2.13. The second-order valence-corrected chi connectivity index (χ2v) is 6.05. The molecule has 4 nitrogen and oxygen atoms in total. The molecule has 0 bridgehead atoms. The van der Waals surface area contributed by atoms with Crippen LogP contribution in [0, 0.1) is 0 Å². The summed E-state index contributed by atoms with van der Waals surface area (Å²) < 4.78 is 7.96. The molecule has 1 N–H and O–H groups in total. The zero-order chi connectivity index (χ0) is 13.9. The van der Waals surface area contributed by atoms with Crippen molar-refractivity contribution in [2.75, 3.05) is 13.2 Å². The Bertz CT molecular complexity index is 489. The SMILES string of the molecule is CCNC(Cc1cn2ccsc2n1)C(C)(C)OCC. The van der Waals surface area contributed by atoms with Crippen LogP contribution in [0.3, 0.4) is 0 Å². The van der Waals surface area contributed by atoms with E-state index in [2.05, 4.69) is 47.0 Å². The Morgan fingerprint density at radius 2 is 2.26 bits per heavy atom. The van der Waals surface area contributed by atoms with Crippen molar-refractivity contribution in [1.29, 1.82) is 0 Å². The van der Waals surface area contributed by atoms with E-state index >= 15 is 0 Å². The molecule has 19 heavy (non-hydrogen) atoms. The maximum absolute atomic E-state index is 5.88. The van der Waals surface area contributed by atoms with Gasteiger partial charge in [0.1, 0.15) is 0 Å². The number of likely N-dealkylation sites (N-methyl/N-ethyl adjacent to an activating group) is 1. The first-order valence-corrected chi connectivity index (χ1v) is 7.73. The fourth-order valence-electron chi connectivity index (χ4n) is 2.37. The van der Waals surface area contributed by atoms with Gasteiger partial charge in [-0.25, -0.2) is 4.98 Å². The topological polar surface area (TPSA) is 38.6 Å². The molecule has 0 aliphatic heterocycles. The molecule has 0 amide bonds. The standard InChI is InChI=1S/C14H23N3OS/c1-5-15-12(14(3,4)18-6-2)9-11-10-17-7-8-19-13(17)16-11/h7-8,10,12,15H,5-6,9H2,1-4H3. The van der Waals surface area contributed by atoms with Gasteiger partial charge in [0.25, 0.3) is 0 Å². The number of fused-ring (bicyclic) bond motifs is 1. The molecule has 1 atom stereocenters. The lowest BCUT2D eigenvalue weighted by atomic mass is 9.94. The zero-order valence-electron chi connectivity index (χ0n) is 12.1. The third kappa shape index (κ3) is 3.35. The molecule has 2 aromatic rings. The van der Waals surface area contributed by atoms with E-state index in [0.717, 1.165) is 30.2 Å². The van der Waals surface area contributed by atoms with Crippen molar-refractivity contribution in [2.24, 2.45) is 0 Å². The average Bonchev–Trinajstić information content (AvgIpc) is 2.88. The van der Waals surface area contributed by atoms with Crippen molar-refractivity contribution in [3.63, 3.8) is 0 Å². The van der Waals surface area contributed by atoms with Crippen LogP contribution in [-0.2, 0) is 11.2 Å². The normalized spacial score (nSPS) is 14.1. The Labute approximate surface area is 118 Å². The van der Waals surface area contributed by atoms with Gasteiger partial charge in [-0.2, -0.15) is 0 Å². The van der Waals surface area contributed by atoms with E-state index < -0.39 is 0 Å². The predicted octanol–water partition coefficient (Wildman–Crippen LogP) is 2.73. The van der Waals surface area contributed by atoms with Crippen LogP contribution >= 0.6 is 11.3 Å². The van der Waals surface area contributed by atoms with Crippen molar-refractivity contribution < 1.29 is 4.74 Å². The summed E-state index contributed by atoms with van der Waals surface area (Å²) in [6, 6.07) is 0.266. The van der Waals surface area contributed by atoms with Gasteiger partial charge in [-0.15, -0.1) is 11.3 Å². The fraction of sp³-hybridized carbons (Fsp3) is 0.643. The predicted molar refractivity (Wildman–Crippen MR) is 79.9 cm³/mol. The lowest BCUT2D eigenvalue weighted by molar-refractivity contribution is -0.0378. The lowest BCUT2D eigenvalue weighted by Gasteiger charge is -2.34. The number of aromatic nitrogens is 2. The van der Waals surface area contributed by atoms with Gasteiger partial charge in [-0.05, 0) is 27.3 Å². The Kier molecular flexibility index (Phi) is 4.60. The molecular formula is C14H23N3OS. The van der Waals surface area contributed by atoms with Crippen molar-refractivity contribution >= 4 is 16.3 Å². The summed E-state index contributed by atoms with van der Waals surface area (Å²) in [6.45, 7) is 10.1. The minimum absolute atomic E-state index is 0.193. The van der Waals surface area contributed by atoms with E-state index in [1.165, 1.54) is 0 Å². The first-order valence-electron chi connectivity index (χ1n) is 6.85. The van der Waals surface area contributed by atoms with E-state index in [-0.39, 0.29) is 11.6 Å². The molecule has 5 heteroatoms. The van der Waals surface area contributed by atoms with Crippen molar-refractivity contribution in [1.82, 2.24) is 14.7 Å². The number of thiazole rings is 1. The largest absolute Gasteiger partial charge is 0.374 e. The van der Waals surface area contributed by atoms with Gasteiger partial charge in [0.2, 0.25) is 0 Å². The summed E-state index contributed by atoms with van der Waals surface area (Å²) in [5.74, 6) is 0. The highest BCUT2D eigenvalue weighted by Crippen LogP contribution is 2.20. The smallest absolute Gasteiger partial charge is 0.193 e. The second-order valence-electron chi connectivity index (χ2n) is 5.18. The average molecular weight is 281 g/mol. The highest BCUT2D eigenvalue weighted by Gasteiger charge is 2.30. The maximum atomic E-state index is 5.88. The number of hydrogen-bond donors (Lipinski definition) is 1. The van der Waals surface area contributed by atoms with E-state index in [0.29, 0.717) is 0 Å². The first kappa shape index (κ1) is 14.5. The molecule has 106 valence electrons. The Hall–Kier alpha value is -0.910. The van der Waals surface area contributed by atoms with E-state index in [1.807, 2.05) is 13.1 Å². The molecule has 2 rings (SSSR count). The molecule has 0 aliphatic carbocycles. The summed E-state index contributed by atoms with van der Waals surface area (Å²) in [7, 11) is 0. The molecule has 2 heterocycles. The number of nitrogens with zero attached hydrogens (tertiary/aromatic N) is 2. The molecule has 0 aliphatic rings. The number of hydrogen-bond acceptors (Lipinski definition) is 4. The van der Waals surface area contributed by atoms with Gasteiger partial charge < -0.3 is 10.1 Å². The number of rotatable bonds is 7. The number of ether oxygens (including phenoxy) is 1. The lowest BCUT2D eigenvalue weighted by Crippen LogP contribution is -2.50. The van der Waals surface area contributed by atoms with Crippen LogP contribution in [0.5, 0.6) is 0 Å². The number of imidazole rings is 1. The van der Waals surface area contributed by atoms with E-state index in [1.54, 1.807) is 11.3 Å². The third-order valence-corrected chi connectivity index (χ3v) is 4.13. The van der Waals surface area contributed by atoms with Crippen LogP contribution in [0.2, 0.25) is 0 Å². The summed E-state index contributed by atoms with van der Waals surface area (Å²) in [6.07, 6.45) is 5.04. The molecule has 0 saturated heterocycles. The van der Waals surface area contributed by atoms with Crippen LogP contribution in [0.25, 0.3) is 4.96 Å². The van der Waals surface area contributed by atoms with Gasteiger partial charge in [-0.1, -0.05) is 6.92 Å². The van der Waals surface area contributed by atoms with Gasteiger partial charge in [0.05, 0.1) is 11.3 Å². The molecule has 0 spiro atoms. The minimum atomic E-state index is -0.193. The first-order chi connectivity index (χ1) is 9.06. The third-order valence-electron chi connectivity index (χ3n) is 3.36. The summed E-state index contributed by atoms with van der Waals surface area (Å²) in [5.41, 5.74) is 0.924. The maximum Gasteiger partial charge on any atom is 0.193 e. The molecule has 2 aromatic heterocycles. The van der Waals surface area contributed by atoms with Crippen molar-refractivity contribution in [3.05, 3.63) is 23.5 Å². The van der Waals surface area contributed by atoms with E-state index in [9.17, 15) is 0 Å². The molecule has 0 fully saturated rings. The van der Waals surface area contributed by atoms with Crippen molar-refractivity contribution in [2.45, 2.75) is 45.8 Å². The van der Waals surface area contributed by atoms with Crippen LogP contribution in [0.15, 0.2) is 17.8 Å². The molecule has 0 saturated carbocycles. The van der Waals surface area contributed by atoms with Gasteiger partial charge in [0, 0.05) is 36.8 Å². The van der Waals surface area contributed by atoms with Crippen LogP contribution in [-0.4, -0.2) is 34.2 Å². The van der Waals surface area contributed by atoms with Gasteiger partial charge in [0.15, 0.2) is 4.96 Å². The highest BCUT2D eigenvalue weighted by atomic mass is 32.1. The molecular weight excluding hydrogens is 258 g/mol. The second kappa shape index (κ2) is 6.03. The van der Waals surface area contributed by atoms with Crippen LogP contribution in [0.1, 0.15) is 33.4 Å². The number of nitrogens with one attached hydrogen (secondary N) is 1. The van der Waals surface area contributed by atoms with E-state index in [4.69, 9.17) is 4.74 Å². The van der Waals surface area contributed by atoms with Gasteiger partial charge in [-0.3, -0.25) is 4.40 Å². The monoisotopic (exact) mass is 281 g/mol. The van der Waals surface area contributed by atoms with Gasteiger partial charge >= 0.3 is 0 Å². The Morgan fingerprint density at radius 3 is 2.89 bits per heavy atom. The minimum Gasteiger partial charge on any atom is -0.374 e. The van der Waals surface area contributed by atoms with Crippen LogP contribution in [0.4, 0.5) is 0 Å². The van der Waals surface area contributed by atoms with Crippen LogP contribution < -0.4 is 5.32 Å². The summed E-state index contributed by atoms with van der Waals surface area (Å²) in [5, 5.41) is 5.58. The molecule has 0 aromatic carbocycles. The fourth-order valence-corrected chi connectivity index (χ4v) is 3.09. The quantitative estimate of drug-likeness (QED) is 0.848. The zero-order valence-corrected chi connectivity index (χ0v) is 13.0. The Morgan fingerprint density at radius 1 is 1.47 bits per heavy atom. The molecule has 1 unspecified atom stereocenters. The van der Waals surface area contributed by atoms with Crippen molar-refractivity contribution in [3.8, 4) is 0 Å². The highest BCUT2D eigenvalue weighted by molar-refractivity contribution is 7.15. The summed E-state index contributed by atoms with van der Waals surface area (Å²) in [4.78, 5) is 5.71. The molecule has 0 radical (unpaired) electrons.